The average molecular weight is 319 g/mol. The zero-order valence-corrected chi connectivity index (χ0v) is 13.6. The summed E-state index contributed by atoms with van der Waals surface area (Å²) in [5, 5.41) is 0. The topological polar surface area (TPSA) is 55.4 Å². The van der Waals surface area contributed by atoms with Gasteiger partial charge in [-0.15, -0.1) is 0 Å². The van der Waals surface area contributed by atoms with Crippen molar-refractivity contribution in [3.8, 4) is 5.75 Å². The van der Waals surface area contributed by atoms with Gasteiger partial charge in [0.05, 0.1) is 4.90 Å². The molecule has 0 aliphatic carbocycles. The molecule has 2 rings (SSSR count). The Morgan fingerprint density at radius 1 is 1.00 bits per heavy atom. The van der Waals surface area contributed by atoms with Gasteiger partial charge in [0, 0.05) is 6.54 Å². The van der Waals surface area contributed by atoms with Gasteiger partial charge in [-0.2, -0.15) is 0 Å². The Hall–Kier alpha value is -1.85. The number of sulfonamides is 1. The Bertz CT molecular complexity index is 680. The second-order valence-electron chi connectivity index (χ2n) is 5.49. The van der Waals surface area contributed by atoms with Gasteiger partial charge in [-0.3, -0.25) is 0 Å². The van der Waals surface area contributed by atoms with Crippen molar-refractivity contribution in [2.45, 2.75) is 25.3 Å². The van der Waals surface area contributed by atoms with Crippen LogP contribution in [-0.4, -0.2) is 15.0 Å². The minimum Gasteiger partial charge on any atom is -0.489 e. The molecule has 22 heavy (non-hydrogen) atoms. The highest BCUT2D eigenvalue weighted by molar-refractivity contribution is 7.89. The van der Waals surface area contributed by atoms with Crippen LogP contribution < -0.4 is 9.46 Å². The molecule has 1 N–H and O–H groups in total. The van der Waals surface area contributed by atoms with E-state index in [0.717, 1.165) is 5.56 Å². The van der Waals surface area contributed by atoms with Crippen LogP contribution in [0.1, 0.15) is 19.4 Å². The van der Waals surface area contributed by atoms with Crippen molar-refractivity contribution in [1.82, 2.24) is 4.72 Å². The normalized spacial score (nSPS) is 11.6. The van der Waals surface area contributed by atoms with Crippen LogP contribution in [0.3, 0.4) is 0 Å². The lowest BCUT2D eigenvalue weighted by molar-refractivity contribution is 0.306. The molecule has 0 spiro atoms. The smallest absolute Gasteiger partial charge is 0.240 e. The highest BCUT2D eigenvalue weighted by Gasteiger charge is 2.13. The predicted molar refractivity (Wildman–Crippen MR) is 87.2 cm³/mol. The molecule has 0 saturated carbocycles. The Labute approximate surface area is 132 Å². The zero-order valence-electron chi connectivity index (χ0n) is 12.8. The summed E-state index contributed by atoms with van der Waals surface area (Å²) in [6, 6.07) is 16.3. The third kappa shape index (κ3) is 4.86. The van der Waals surface area contributed by atoms with Crippen molar-refractivity contribution in [3.05, 3.63) is 60.2 Å². The molecular weight excluding hydrogens is 298 g/mol. The predicted octanol–water partition coefficient (Wildman–Crippen LogP) is 3.20. The van der Waals surface area contributed by atoms with Gasteiger partial charge in [-0.05, 0) is 35.7 Å². The Morgan fingerprint density at radius 3 is 2.23 bits per heavy atom. The minimum atomic E-state index is -3.44. The maximum Gasteiger partial charge on any atom is 0.240 e. The van der Waals surface area contributed by atoms with Crippen LogP contribution in [0.2, 0.25) is 0 Å². The molecule has 0 aliphatic rings. The van der Waals surface area contributed by atoms with Gasteiger partial charge < -0.3 is 4.74 Å². The fourth-order valence-electron chi connectivity index (χ4n) is 1.82. The van der Waals surface area contributed by atoms with Crippen molar-refractivity contribution < 1.29 is 13.2 Å². The van der Waals surface area contributed by atoms with Gasteiger partial charge >= 0.3 is 0 Å². The van der Waals surface area contributed by atoms with Crippen LogP contribution in [0.4, 0.5) is 0 Å². The summed E-state index contributed by atoms with van der Waals surface area (Å²) in [4.78, 5) is 0.250. The number of hydrogen-bond acceptors (Lipinski definition) is 3. The second kappa shape index (κ2) is 7.42. The summed E-state index contributed by atoms with van der Waals surface area (Å²) >= 11 is 0. The molecule has 0 bridgehead atoms. The van der Waals surface area contributed by atoms with Gasteiger partial charge in [0.25, 0.3) is 0 Å². The summed E-state index contributed by atoms with van der Waals surface area (Å²) in [5.74, 6) is 0.912. The maximum absolute atomic E-state index is 12.1. The molecule has 0 radical (unpaired) electrons. The van der Waals surface area contributed by atoms with Crippen molar-refractivity contribution in [1.29, 1.82) is 0 Å². The van der Waals surface area contributed by atoms with Gasteiger partial charge in [0.1, 0.15) is 12.4 Å². The third-order valence-electron chi connectivity index (χ3n) is 3.06. The van der Waals surface area contributed by atoms with Crippen LogP contribution >= 0.6 is 0 Å². The van der Waals surface area contributed by atoms with Crippen LogP contribution in [0.25, 0.3) is 0 Å². The summed E-state index contributed by atoms with van der Waals surface area (Å²) in [7, 11) is -3.44. The van der Waals surface area contributed by atoms with Crippen molar-refractivity contribution in [2.24, 2.45) is 5.92 Å². The molecule has 118 valence electrons. The fraction of sp³-hybridized carbons (Fsp3) is 0.294. The monoisotopic (exact) mass is 319 g/mol. The van der Waals surface area contributed by atoms with Crippen LogP contribution in [0.5, 0.6) is 5.75 Å². The quantitative estimate of drug-likeness (QED) is 0.852. The lowest BCUT2D eigenvalue weighted by Crippen LogP contribution is -2.27. The molecule has 0 fully saturated rings. The van der Waals surface area contributed by atoms with Gasteiger partial charge in [0.2, 0.25) is 10.0 Å². The van der Waals surface area contributed by atoms with Gasteiger partial charge in [-0.25, -0.2) is 13.1 Å². The first kappa shape index (κ1) is 16.5. The molecule has 2 aromatic rings. The number of ether oxygens (including phenoxy) is 1. The molecule has 4 nitrogen and oxygen atoms in total. The highest BCUT2D eigenvalue weighted by Crippen LogP contribution is 2.17. The van der Waals surface area contributed by atoms with Crippen molar-refractivity contribution >= 4 is 10.0 Å². The lowest BCUT2D eigenvalue weighted by Gasteiger charge is -2.10. The van der Waals surface area contributed by atoms with E-state index in [1.807, 2.05) is 44.2 Å². The zero-order chi connectivity index (χ0) is 16.0. The lowest BCUT2D eigenvalue weighted by atomic mass is 10.2. The first-order chi connectivity index (χ1) is 10.5. The van der Waals surface area contributed by atoms with E-state index < -0.39 is 10.0 Å². The first-order valence-electron chi connectivity index (χ1n) is 7.24. The van der Waals surface area contributed by atoms with Gasteiger partial charge in [-0.1, -0.05) is 44.2 Å². The number of benzene rings is 2. The van der Waals surface area contributed by atoms with Crippen LogP contribution in [0, 0.1) is 5.92 Å². The number of hydrogen-bond donors (Lipinski definition) is 1. The van der Waals surface area contributed by atoms with E-state index in [-0.39, 0.29) is 10.8 Å². The Morgan fingerprint density at radius 2 is 1.64 bits per heavy atom. The highest BCUT2D eigenvalue weighted by atomic mass is 32.2. The van der Waals surface area contributed by atoms with Crippen molar-refractivity contribution in [2.75, 3.05) is 6.54 Å². The number of nitrogens with one attached hydrogen (secondary N) is 1. The van der Waals surface area contributed by atoms with Crippen molar-refractivity contribution in [3.63, 3.8) is 0 Å². The average Bonchev–Trinajstić information content (AvgIpc) is 2.52. The summed E-state index contributed by atoms with van der Waals surface area (Å²) in [6.45, 7) is 4.80. The molecule has 0 atom stereocenters. The second-order valence-corrected chi connectivity index (χ2v) is 7.26. The van der Waals surface area contributed by atoms with E-state index in [4.69, 9.17) is 4.74 Å². The summed E-state index contributed by atoms with van der Waals surface area (Å²) in [5.41, 5.74) is 1.07. The summed E-state index contributed by atoms with van der Waals surface area (Å²) < 4.78 is 32.4. The maximum atomic E-state index is 12.1. The van der Waals surface area contributed by atoms with E-state index in [1.165, 1.54) is 0 Å². The van der Waals surface area contributed by atoms with E-state index in [9.17, 15) is 8.42 Å². The van der Waals surface area contributed by atoms with E-state index in [1.54, 1.807) is 24.3 Å². The fourth-order valence-corrected chi connectivity index (χ4v) is 3.03. The molecule has 2 aromatic carbocycles. The molecular formula is C17H21NO3S. The largest absolute Gasteiger partial charge is 0.489 e. The standard InChI is InChI=1S/C17H21NO3S/c1-14(2)12-18-22(19,20)17-10-8-16(9-11-17)21-13-15-6-4-3-5-7-15/h3-11,14,18H,12-13H2,1-2H3. The van der Waals surface area contributed by atoms with E-state index in [0.29, 0.717) is 18.9 Å². The first-order valence-corrected chi connectivity index (χ1v) is 8.72. The molecule has 5 heteroatoms. The minimum absolute atomic E-state index is 0.250. The molecule has 0 aliphatic heterocycles. The van der Waals surface area contributed by atoms with Crippen LogP contribution in [0.15, 0.2) is 59.5 Å². The van der Waals surface area contributed by atoms with E-state index >= 15 is 0 Å². The molecule has 0 aromatic heterocycles. The summed E-state index contributed by atoms with van der Waals surface area (Å²) in [6.07, 6.45) is 0. The number of rotatable bonds is 7. The van der Waals surface area contributed by atoms with Crippen LogP contribution in [-0.2, 0) is 16.6 Å². The van der Waals surface area contributed by atoms with Gasteiger partial charge in [0.15, 0.2) is 0 Å². The third-order valence-corrected chi connectivity index (χ3v) is 4.50. The SMILES string of the molecule is CC(C)CNS(=O)(=O)c1ccc(OCc2ccccc2)cc1. The Kier molecular flexibility index (Phi) is 5.57. The molecule has 0 saturated heterocycles. The Balaban J connectivity index is 1.98. The molecule has 0 heterocycles. The van der Waals surface area contributed by atoms with E-state index in [2.05, 4.69) is 4.72 Å². The molecule has 0 unspecified atom stereocenters. The molecule has 0 amide bonds.